The molecule has 1 unspecified atom stereocenters. The SMILES string of the molecule is COC(OC)C1CCN(c2ccc(C3=C(C4=CCOCC4)CCCc4c3ccc3c4c(F)nn3C3CCCCO3)cc2)CC1. The van der Waals surface area contributed by atoms with Crippen LogP contribution in [0, 0.1) is 11.9 Å². The van der Waals surface area contributed by atoms with Crippen molar-refractivity contribution in [1.29, 1.82) is 0 Å². The van der Waals surface area contributed by atoms with Gasteiger partial charge >= 0.3 is 0 Å². The molecule has 3 aromatic rings. The highest BCUT2D eigenvalue weighted by molar-refractivity contribution is 5.94. The predicted molar refractivity (Wildman–Crippen MR) is 170 cm³/mol. The largest absolute Gasteiger partial charge is 0.377 e. The lowest BCUT2D eigenvalue weighted by molar-refractivity contribution is -0.141. The van der Waals surface area contributed by atoms with Crippen LogP contribution < -0.4 is 4.90 Å². The van der Waals surface area contributed by atoms with Crippen molar-refractivity contribution in [3.8, 4) is 0 Å². The third-order valence-corrected chi connectivity index (χ3v) is 10.1. The van der Waals surface area contributed by atoms with Crippen molar-refractivity contribution in [2.75, 3.05) is 52.0 Å². The number of hydrogen-bond acceptors (Lipinski definition) is 6. The minimum atomic E-state index is -0.387. The fraction of sp³-hybridized carbons (Fsp3) is 0.528. The third-order valence-electron chi connectivity index (χ3n) is 10.1. The molecule has 2 fully saturated rings. The molecule has 44 heavy (non-hydrogen) atoms. The Labute approximate surface area is 259 Å². The van der Waals surface area contributed by atoms with Crippen LogP contribution >= 0.6 is 0 Å². The molecule has 234 valence electrons. The molecule has 7 rings (SSSR count). The van der Waals surface area contributed by atoms with Gasteiger partial charge in [-0.1, -0.05) is 24.3 Å². The normalized spacial score (nSPS) is 22.0. The fourth-order valence-corrected chi connectivity index (χ4v) is 7.82. The highest BCUT2D eigenvalue weighted by Gasteiger charge is 2.29. The highest BCUT2D eigenvalue weighted by Crippen LogP contribution is 2.43. The topological polar surface area (TPSA) is 58.0 Å². The second kappa shape index (κ2) is 13.1. The van der Waals surface area contributed by atoms with Gasteiger partial charge in [-0.25, -0.2) is 4.68 Å². The number of rotatable bonds is 7. The molecule has 7 nitrogen and oxygen atoms in total. The number of nitrogens with zero attached hydrogens (tertiary/aromatic N) is 3. The predicted octanol–water partition coefficient (Wildman–Crippen LogP) is 7.19. The van der Waals surface area contributed by atoms with E-state index >= 15 is 4.39 Å². The van der Waals surface area contributed by atoms with Crippen molar-refractivity contribution in [2.24, 2.45) is 5.92 Å². The van der Waals surface area contributed by atoms with E-state index in [1.807, 2.05) is 0 Å². The van der Waals surface area contributed by atoms with Gasteiger partial charge in [0.05, 0.1) is 24.1 Å². The lowest BCUT2D eigenvalue weighted by Gasteiger charge is -2.36. The standard InChI is InChI=1S/C36H44FN3O4/c1-41-36(42-2)26-15-19-39(20-16-26)27-11-9-25(10-12-27)33-28(24-17-22-43-23-18-24)6-5-7-29-30(33)13-14-31-34(29)35(37)38-40(31)32-8-3-4-21-44-32/h9-14,17,26,32,36H,3-8,15-16,18-23H2,1-2H3. The van der Waals surface area contributed by atoms with Crippen LogP contribution in [0.1, 0.15) is 74.3 Å². The van der Waals surface area contributed by atoms with Gasteiger partial charge in [0.25, 0.3) is 0 Å². The van der Waals surface area contributed by atoms with Gasteiger partial charge < -0.3 is 23.8 Å². The smallest absolute Gasteiger partial charge is 0.240 e. The second-order valence-electron chi connectivity index (χ2n) is 12.5. The van der Waals surface area contributed by atoms with Gasteiger partial charge in [-0.15, -0.1) is 5.10 Å². The van der Waals surface area contributed by atoms with Crippen molar-refractivity contribution >= 4 is 22.2 Å². The van der Waals surface area contributed by atoms with E-state index in [4.69, 9.17) is 18.9 Å². The molecule has 3 aliphatic heterocycles. The van der Waals surface area contributed by atoms with E-state index in [0.29, 0.717) is 24.5 Å². The summed E-state index contributed by atoms with van der Waals surface area (Å²) in [6.07, 6.45) is 10.6. The maximum Gasteiger partial charge on any atom is 0.240 e. The molecule has 1 aromatic heterocycles. The highest BCUT2D eigenvalue weighted by atomic mass is 19.1. The van der Waals surface area contributed by atoms with Gasteiger partial charge in [-0.05, 0) is 109 Å². The molecule has 0 bridgehead atoms. The van der Waals surface area contributed by atoms with Gasteiger partial charge in [0.15, 0.2) is 12.5 Å². The first kappa shape index (κ1) is 29.7. The molecule has 0 amide bonds. The lowest BCUT2D eigenvalue weighted by atomic mass is 9.85. The Balaban J connectivity index is 1.27. The van der Waals surface area contributed by atoms with Gasteiger partial charge in [-0.2, -0.15) is 4.39 Å². The molecule has 0 N–H and O–H groups in total. The van der Waals surface area contributed by atoms with E-state index in [2.05, 4.69) is 52.5 Å². The Hall–Kier alpha value is -3.04. The minimum absolute atomic E-state index is 0.140. The van der Waals surface area contributed by atoms with E-state index < -0.39 is 0 Å². The molecule has 0 spiro atoms. The molecular weight excluding hydrogens is 557 g/mol. The average Bonchev–Trinajstić information content (AvgIpc) is 3.30. The molecule has 0 radical (unpaired) electrons. The first-order valence-electron chi connectivity index (χ1n) is 16.4. The summed E-state index contributed by atoms with van der Waals surface area (Å²) in [5.41, 5.74) is 9.39. The van der Waals surface area contributed by atoms with Crippen molar-refractivity contribution in [1.82, 2.24) is 9.78 Å². The Bertz CT molecular complexity index is 1530. The summed E-state index contributed by atoms with van der Waals surface area (Å²) in [5.74, 6) is 0.0248. The third kappa shape index (κ3) is 5.62. The van der Waals surface area contributed by atoms with Crippen LogP contribution in [0.15, 0.2) is 53.6 Å². The summed E-state index contributed by atoms with van der Waals surface area (Å²) in [4.78, 5) is 2.46. The number of fused-ring (bicyclic) bond motifs is 3. The van der Waals surface area contributed by atoms with Crippen LogP contribution in [0.5, 0.6) is 0 Å². The molecular formula is C36H44FN3O4. The Morgan fingerprint density at radius 2 is 1.73 bits per heavy atom. The van der Waals surface area contributed by atoms with Crippen molar-refractivity contribution in [3.05, 3.63) is 76.3 Å². The van der Waals surface area contributed by atoms with E-state index in [-0.39, 0.29) is 18.5 Å². The quantitative estimate of drug-likeness (QED) is 0.267. The zero-order valence-electron chi connectivity index (χ0n) is 26.0. The van der Waals surface area contributed by atoms with E-state index in [1.165, 1.54) is 28.0 Å². The number of halogens is 1. The molecule has 1 atom stereocenters. The number of allylic oxidation sites excluding steroid dienone is 1. The molecule has 4 heterocycles. The first-order valence-corrected chi connectivity index (χ1v) is 16.4. The van der Waals surface area contributed by atoms with Crippen LogP contribution in [0.4, 0.5) is 10.1 Å². The van der Waals surface area contributed by atoms with Gasteiger partial charge in [0.2, 0.25) is 5.95 Å². The Kier molecular flexibility index (Phi) is 8.85. The average molecular weight is 602 g/mol. The zero-order chi connectivity index (χ0) is 30.0. The van der Waals surface area contributed by atoms with E-state index in [1.54, 1.807) is 18.9 Å². The van der Waals surface area contributed by atoms with Crippen LogP contribution in [0.2, 0.25) is 0 Å². The molecule has 2 saturated heterocycles. The van der Waals surface area contributed by atoms with Crippen molar-refractivity contribution in [2.45, 2.75) is 70.3 Å². The van der Waals surface area contributed by atoms with Crippen molar-refractivity contribution in [3.63, 3.8) is 0 Å². The number of aryl methyl sites for hydroxylation is 1. The number of anilines is 1. The van der Waals surface area contributed by atoms with E-state index in [9.17, 15) is 0 Å². The molecule has 0 saturated carbocycles. The van der Waals surface area contributed by atoms with Crippen LogP contribution in [0.25, 0.3) is 16.5 Å². The second-order valence-corrected chi connectivity index (χ2v) is 12.5. The summed E-state index contributed by atoms with van der Waals surface area (Å²) in [6.45, 7) is 4.02. The number of piperidine rings is 1. The van der Waals surface area contributed by atoms with Crippen molar-refractivity contribution < 1.29 is 23.3 Å². The summed E-state index contributed by atoms with van der Waals surface area (Å²) in [6, 6.07) is 13.3. The lowest BCUT2D eigenvalue weighted by Crippen LogP contribution is -2.39. The molecule has 8 heteroatoms. The van der Waals surface area contributed by atoms with E-state index in [0.717, 1.165) is 94.1 Å². The maximum atomic E-state index is 15.8. The summed E-state index contributed by atoms with van der Waals surface area (Å²) in [5, 5.41) is 5.06. The molecule has 2 aromatic carbocycles. The summed E-state index contributed by atoms with van der Waals surface area (Å²) < 4.78 is 40.4. The van der Waals surface area contributed by atoms with Gasteiger partial charge in [-0.3, -0.25) is 0 Å². The van der Waals surface area contributed by atoms with Gasteiger partial charge in [0, 0.05) is 45.5 Å². The van der Waals surface area contributed by atoms with Crippen LogP contribution in [-0.2, 0) is 25.4 Å². The maximum absolute atomic E-state index is 15.8. The zero-order valence-corrected chi connectivity index (χ0v) is 26.0. The monoisotopic (exact) mass is 601 g/mol. The van der Waals surface area contributed by atoms with Gasteiger partial charge in [0.1, 0.15) is 0 Å². The number of aromatic nitrogens is 2. The Morgan fingerprint density at radius 1 is 0.909 bits per heavy atom. The molecule has 4 aliphatic rings. The number of methoxy groups -OCH3 is 2. The molecule has 1 aliphatic carbocycles. The minimum Gasteiger partial charge on any atom is -0.377 e. The van der Waals surface area contributed by atoms with Crippen LogP contribution in [-0.4, -0.2) is 63.2 Å². The fourth-order valence-electron chi connectivity index (χ4n) is 7.82. The summed E-state index contributed by atoms with van der Waals surface area (Å²) in [7, 11) is 3.45. The number of benzene rings is 2. The first-order chi connectivity index (χ1) is 21.7. The number of hydrogen-bond donors (Lipinski definition) is 0. The number of ether oxygens (including phenoxy) is 4. The Morgan fingerprint density at radius 3 is 2.43 bits per heavy atom. The summed E-state index contributed by atoms with van der Waals surface area (Å²) >= 11 is 0. The van der Waals surface area contributed by atoms with Crippen LogP contribution in [0.3, 0.4) is 0 Å².